The smallest absolute Gasteiger partial charge is 0.284 e. The molecule has 8 nitrogen and oxygen atoms in total. The van der Waals surface area contributed by atoms with Gasteiger partial charge in [0.1, 0.15) is 24.1 Å². The van der Waals surface area contributed by atoms with E-state index in [0.717, 1.165) is 11.1 Å². The van der Waals surface area contributed by atoms with E-state index in [2.05, 4.69) is 22.1 Å². The third-order valence-electron chi connectivity index (χ3n) is 5.48. The van der Waals surface area contributed by atoms with Crippen LogP contribution in [0.25, 0.3) is 27.1 Å². The van der Waals surface area contributed by atoms with Gasteiger partial charge in [-0.05, 0) is 30.2 Å². The number of nitriles is 1. The van der Waals surface area contributed by atoms with Gasteiger partial charge in [0.15, 0.2) is 22.1 Å². The van der Waals surface area contributed by atoms with Crippen LogP contribution >= 0.6 is 11.3 Å². The number of nitrogens with two attached hydrogens (primary N) is 1. The largest absolute Gasteiger partial charge is 0.493 e. The molecule has 0 saturated carbocycles. The Kier molecular flexibility index (Phi) is 5.36. The number of rotatable bonds is 5. The van der Waals surface area contributed by atoms with Gasteiger partial charge in [-0.2, -0.15) is 10.2 Å². The molecule has 0 unspecified atom stereocenters. The van der Waals surface area contributed by atoms with Crippen LogP contribution in [0.15, 0.2) is 58.8 Å². The monoisotopic (exact) mass is 469 g/mol. The van der Waals surface area contributed by atoms with Crippen LogP contribution in [0.2, 0.25) is 0 Å². The van der Waals surface area contributed by atoms with Crippen molar-refractivity contribution in [3.05, 3.63) is 81.1 Å². The summed E-state index contributed by atoms with van der Waals surface area (Å²) in [5.74, 6) is 1.03. The van der Waals surface area contributed by atoms with Gasteiger partial charge in [0.25, 0.3) is 5.56 Å². The lowest BCUT2D eigenvalue weighted by Gasteiger charge is -2.15. The number of ether oxygens (including phenoxy) is 2. The third kappa shape index (κ3) is 3.60. The molecule has 0 saturated heterocycles. The summed E-state index contributed by atoms with van der Waals surface area (Å²) in [5.41, 5.74) is 9.25. The molecule has 3 aromatic heterocycles. The maximum Gasteiger partial charge on any atom is 0.284 e. The molecule has 0 aliphatic rings. The number of benzene rings is 2. The molecule has 9 heteroatoms. The van der Waals surface area contributed by atoms with Crippen LogP contribution in [0.4, 0.5) is 5.82 Å². The zero-order valence-corrected chi connectivity index (χ0v) is 19.2. The van der Waals surface area contributed by atoms with Crippen molar-refractivity contribution in [3.63, 3.8) is 0 Å². The molecule has 0 radical (unpaired) electrons. The van der Waals surface area contributed by atoms with Crippen molar-refractivity contribution in [1.29, 1.82) is 5.26 Å². The Balaban J connectivity index is 1.66. The fraction of sp³-hybridized carbons (Fsp3) is 0.120. The lowest BCUT2D eigenvalue weighted by Crippen LogP contribution is -2.13. The molecule has 0 aliphatic heterocycles. The maximum atomic E-state index is 13.0. The van der Waals surface area contributed by atoms with Crippen molar-refractivity contribution < 1.29 is 9.47 Å². The predicted octanol–water partition coefficient (Wildman–Crippen LogP) is 4.32. The quantitative estimate of drug-likeness (QED) is 0.407. The SMILES string of the molecule is COc1cc(-c2c(C#N)c(N)nc3c2c(=O)nc2sccn23)ccc1OCc1cccc(C)c1. The molecule has 0 spiro atoms. The molecule has 5 rings (SSSR count). The van der Waals surface area contributed by atoms with Gasteiger partial charge in [-0.15, -0.1) is 11.3 Å². The number of nitrogens with zero attached hydrogens (tertiary/aromatic N) is 4. The summed E-state index contributed by atoms with van der Waals surface area (Å²) in [4.78, 5) is 22.0. The summed E-state index contributed by atoms with van der Waals surface area (Å²) in [7, 11) is 1.54. The summed E-state index contributed by atoms with van der Waals surface area (Å²) in [6, 6.07) is 15.4. The molecule has 0 fully saturated rings. The van der Waals surface area contributed by atoms with Gasteiger partial charge in [0.05, 0.1) is 12.5 Å². The minimum Gasteiger partial charge on any atom is -0.493 e. The molecule has 0 aliphatic carbocycles. The molecule has 34 heavy (non-hydrogen) atoms. The molecule has 2 aromatic carbocycles. The lowest BCUT2D eigenvalue weighted by atomic mass is 9.97. The minimum absolute atomic E-state index is 0.0364. The van der Waals surface area contributed by atoms with Crippen molar-refractivity contribution >= 4 is 33.1 Å². The van der Waals surface area contributed by atoms with Crippen LogP contribution in [0, 0.1) is 18.3 Å². The number of anilines is 1. The van der Waals surface area contributed by atoms with E-state index < -0.39 is 5.56 Å². The standard InChI is InChI=1S/C25H19N5O3S/c1-14-4-3-5-15(10-14)13-33-18-7-6-16(11-19(18)32-2)20-17(12-26)22(27)28-23-21(20)24(31)29-25-30(23)8-9-34-25/h3-11H,13H2,1-2H3,(H2,27,28). The number of fused-ring (bicyclic) bond motifs is 3. The minimum atomic E-state index is -0.477. The van der Waals surface area contributed by atoms with E-state index in [1.54, 1.807) is 34.2 Å². The van der Waals surface area contributed by atoms with Crippen molar-refractivity contribution in [1.82, 2.24) is 14.4 Å². The number of nitrogen functional groups attached to an aromatic ring is 1. The zero-order chi connectivity index (χ0) is 23.8. The number of pyridine rings is 1. The Morgan fingerprint density at radius 1 is 1.18 bits per heavy atom. The number of aromatic nitrogens is 3. The summed E-state index contributed by atoms with van der Waals surface area (Å²) in [6.07, 6.45) is 1.76. The molecule has 3 heterocycles. The highest BCUT2D eigenvalue weighted by Gasteiger charge is 2.21. The van der Waals surface area contributed by atoms with Gasteiger partial charge in [0.2, 0.25) is 0 Å². The van der Waals surface area contributed by atoms with E-state index in [1.807, 2.05) is 25.1 Å². The van der Waals surface area contributed by atoms with E-state index in [-0.39, 0.29) is 16.8 Å². The molecule has 0 bridgehead atoms. The Hall–Kier alpha value is -4.42. The number of hydrogen-bond acceptors (Lipinski definition) is 8. The summed E-state index contributed by atoms with van der Waals surface area (Å²) in [5, 5.41) is 11.9. The molecule has 168 valence electrons. The topological polar surface area (TPSA) is 116 Å². The highest BCUT2D eigenvalue weighted by molar-refractivity contribution is 7.15. The molecule has 5 aromatic rings. The highest BCUT2D eigenvalue weighted by atomic mass is 32.1. The second kappa shape index (κ2) is 8.50. The van der Waals surface area contributed by atoms with Crippen LogP contribution < -0.4 is 20.8 Å². The number of methoxy groups -OCH3 is 1. The van der Waals surface area contributed by atoms with Crippen LogP contribution in [0.1, 0.15) is 16.7 Å². The Morgan fingerprint density at radius 2 is 2.03 bits per heavy atom. The zero-order valence-electron chi connectivity index (χ0n) is 18.4. The van der Waals surface area contributed by atoms with E-state index in [0.29, 0.717) is 39.8 Å². The van der Waals surface area contributed by atoms with Crippen LogP contribution in [0.3, 0.4) is 0 Å². The molecular weight excluding hydrogens is 450 g/mol. The van der Waals surface area contributed by atoms with Crippen LogP contribution in [-0.2, 0) is 6.61 Å². The third-order valence-corrected chi connectivity index (χ3v) is 6.23. The van der Waals surface area contributed by atoms with Crippen molar-refractivity contribution in [2.45, 2.75) is 13.5 Å². The van der Waals surface area contributed by atoms with Crippen molar-refractivity contribution in [2.24, 2.45) is 0 Å². The van der Waals surface area contributed by atoms with Crippen LogP contribution in [0.5, 0.6) is 11.5 Å². The predicted molar refractivity (Wildman–Crippen MR) is 131 cm³/mol. The Labute approximate surface area is 198 Å². The van der Waals surface area contributed by atoms with E-state index >= 15 is 0 Å². The average molecular weight is 470 g/mol. The molecule has 2 N–H and O–H groups in total. The second-order valence-electron chi connectivity index (χ2n) is 7.67. The first-order chi connectivity index (χ1) is 16.5. The van der Waals surface area contributed by atoms with Crippen LogP contribution in [-0.4, -0.2) is 21.5 Å². The molecule has 0 atom stereocenters. The Bertz CT molecular complexity index is 1670. The van der Waals surface area contributed by atoms with Gasteiger partial charge >= 0.3 is 0 Å². The second-order valence-corrected chi connectivity index (χ2v) is 8.55. The Morgan fingerprint density at radius 3 is 2.79 bits per heavy atom. The van der Waals surface area contributed by atoms with Gasteiger partial charge in [0, 0.05) is 17.1 Å². The molecule has 0 amide bonds. The first kappa shape index (κ1) is 21.4. The summed E-state index contributed by atoms with van der Waals surface area (Å²) < 4.78 is 13.3. The van der Waals surface area contributed by atoms with Gasteiger partial charge in [-0.25, -0.2) is 4.98 Å². The fourth-order valence-electron chi connectivity index (χ4n) is 3.93. The maximum absolute atomic E-state index is 13.0. The van der Waals surface area contributed by atoms with Crippen molar-refractivity contribution in [2.75, 3.05) is 12.8 Å². The van der Waals surface area contributed by atoms with E-state index in [4.69, 9.17) is 15.2 Å². The van der Waals surface area contributed by atoms with Gasteiger partial charge < -0.3 is 15.2 Å². The fourth-order valence-corrected chi connectivity index (χ4v) is 4.63. The number of aryl methyl sites for hydroxylation is 1. The first-order valence-corrected chi connectivity index (χ1v) is 11.2. The van der Waals surface area contributed by atoms with E-state index in [1.165, 1.54) is 18.4 Å². The number of hydrogen-bond donors (Lipinski definition) is 1. The number of thiazole rings is 1. The summed E-state index contributed by atoms with van der Waals surface area (Å²) >= 11 is 1.32. The normalized spacial score (nSPS) is 11.0. The highest BCUT2D eigenvalue weighted by Crippen LogP contribution is 2.38. The van der Waals surface area contributed by atoms with Gasteiger partial charge in [-0.3, -0.25) is 9.20 Å². The first-order valence-electron chi connectivity index (χ1n) is 10.4. The van der Waals surface area contributed by atoms with Crippen molar-refractivity contribution in [3.8, 4) is 28.7 Å². The summed E-state index contributed by atoms with van der Waals surface area (Å²) in [6.45, 7) is 2.39. The van der Waals surface area contributed by atoms with E-state index in [9.17, 15) is 10.1 Å². The average Bonchev–Trinajstić information content (AvgIpc) is 3.30. The lowest BCUT2D eigenvalue weighted by molar-refractivity contribution is 0.284. The van der Waals surface area contributed by atoms with Gasteiger partial charge in [-0.1, -0.05) is 35.9 Å². The molecular formula is C25H19N5O3S.